The predicted molar refractivity (Wildman–Crippen MR) is 132 cm³/mol. The summed E-state index contributed by atoms with van der Waals surface area (Å²) in [6.07, 6.45) is 4.41. The molecular formula is C23H23N3O6S2. The Balaban J connectivity index is 1.53. The molecule has 3 aromatic rings. The topological polar surface area (TPSA) is 119 Å². The Hall–Kier alpha value is -3.67. The molecule has 178 valence electrons. The van der Waals surface area contributed by atoms with E-state index in [9.17, 15) is 13.2 Å². The Morgan fingerprint density at radius 2 is 1.79 bits per heavy atom. The van der Waals surface area contributed by atoms with Gasteiger partial charge in [-0.1, -0.05) is 6.07 Å². The molecule has 0 aliphatic rings. The minimum Gasteiger partial charge on any atom is -0.493 e. The van der Waals surface area contributed by atoms with Crippen LogP contribution in [0.1, 0.15) is 11.3 Å². The molecular weight excluding hydrogens is 478 g/mol. The average Bonchev–Trinajstić information content (AvgIpc) is 3.35. The Kier molecular flexibility index (Phi) is 8.41. The maximum absolute atomic E-state index is 12.4. The summed E-state index contributed by atoms with van der Waals surface area (Å²) in [7, 11) is -0.638. The van der Waals surface area contributed by atoms with Gasteiger partial charge in [0.2, 0.25) is 15.9 Å². The van der Waals surface area contributed by atoms with Gasteiger partial charge in [-0.15, -0.1) is 0 Å². The molecule has 0 saturated heterocycles. The molecule has 0 bridgehead atoms. The van der Waals surface area contributed by atoms with E-state index in [-0.39, 0.29) is 16.6 Å². The molecule has 3 rings (SSSR count). The molecule has 0 fully saturated rings. The molecule has 0 aliphatic heterocycles. The van der Waals surface area contributed by atoms with Crippen molar-refractivity contribution in [3.63, 3.8) is 0 Å². The molecule has 1 amide bonds. The van der Waals surface area contributed by atoms with Crippen molar-refractivity contribution in [3.8, 4) is 11.5 Å². The predicted octanol–water partition coefficient (Wildman–Crippen LogP) is 3.30. The molecule has 0 spiro atoms. The summed E-state index contributed by atoms with van der Waals surface area (Å²) in [5.41, 5.74) is 1.25. The van der Waals surface area contributed by atoms with E-state index < -0.39 is 15.9 Å². The summed E-state index contributed by atoms with van der Waals surface area (Å²) in [5.74, 6) is 1.20. The van der Waals surface area contributed by atoms with Gasteiger partial charge in [0.25, 0.3) is 0 Å². The number of methoxy groups -OCH3 is 2. The highest BCUT2D eigenvalue weighted by atomic mass is 32.2. The lowest BCUT2D eigenvalue weighted by atomic mass is 10.2. The number of sulfonamides is 1. The minimum absolute atomic E-state index is 0.0439. The van der Waals surface area contributed by atoms with Crippen molar-refractivity contribution >= 4 is 45.0 Å². The number of benzene rings is 2. The van der Waals surface area contributed by atoms with E-state index in [2.05, 4.69) is 15.4 Å². The van der Waals surface area contributed by atoms with E-state index in [1.807, 2.05) is 0 Å². The second-order valence-corrected chi connectivity index (χ2v) is 8.99. The molecule has 1 aromatic heterocycles. The molecule has 0 radical (unpaired) electrons. The van der Waals surface area contributed by atoms with Gasteiger partial charge in [-0.25, -0.2) is 13.1 Å². The molecule has 0 atom stereocenters. The van der Waals surface area contributed by atoms with Gasteiger partial charge < -0.3 is 19.2 Å². The number of rotatable bonds is 9. The van der Waals surface area contributed by atoms with E-state index in [0.29, 0.717) is 22.9 Å². The molecule has 9 nitrogen and oxygen atoms in total. The number of nitrogens with one attached hydrogen (secondary N) is 3. The zero-order chi connectivity index (χ0) is 24.6. The first-order chi connectivity index (χ1) is 16.3. The molecule has 34 heavy (non-hydrogen) atoms. The monoisotopic (exact) mass is 501 g/mol. The Morgan fingerprint density at radius 3 is 2.44 bits per heavy atom. The van der Waals surface area contributed by atoms with Gasteiger partial charge in [-0.3, -0.25) is 10.1 Å². The van der Waals surface area contributed by atoms with Gasteiger partial charge in [0.15, 0.2) is 16.6 Å². The number of thiocarbonyl (C=S) groups is 1. The zero-order valence-electron chi connectivity index (χ0n) is 18.4. The van der Waals surface area contributed by atoms with Crippen LogP contribution < -0.4 is 24.8 Å². The minimum atomic E-state index is -3.71. The fourth-order valence-corrected chi connectivity index (χ4v) is 4.04. The van der Waals surface area contributed by atoms with Crippen LogP contribution in [0.15, 0.2) is 76.2 Å². The highest BCUT2D eigenvalue weighted by Gasteiger charge is 2.14. The second-order valence-electron chi connectivity index (χ2n) is 6.82. The lowest BCUT2D eigenvalue weighted by Crippen LogP contribution is -2.32. The van der Waals surface area contributed by atoms with Gasteiger partial charge >= 0.3 is 0 Å². The van der Waals surface area contributed by atoms with Crippen LogP contribution in [-0.2, 0) is 21.4 Å². The van der Waals surface area contributed by atoms with Crippen LogP contribution in [0.4, 0.5) is 5.69 Å². The summed E-state index contributed by atoms with van der Waals surface area (Å²) >= 11 is 5.15. The maximum atomic E-state index is 12.4. The van der Waals surface area contributed by atoms with Crippen LogP contribution in [0.5, 0.6) is 11.5 Å². The number of hydrogen-bond acceptors (Lipinski definition) is 7. The van der Waals surface area contributed by atoms with E-state index in [1.165, 1.54) is 31.6 Å². The highest BCUT2D eigenvalue weighted by molar-refractivity contribution is 7.89. The lowest BCUT2D eigenvalue weighted by Gasteiger charge is -2.10. The Labute approximate surface area is 202 Å². The second kappa shape index (κ2) is 11.5. The van der Waals surface area contributed by atoms with Crippen molar-refractivity contribution in [2.24, 2.45) is 0 Å². The quantitative estimate of drug-likeness (QED) is 0.302. The molecule has 0 aliphatic carbocycles. The first-order valence-electron chi connectivity index (χ1n) is 9.95. The number of ether oxygens (including phenoxy) is 2. The van der Waals surface area contributed by atoms with E-state index in [1.54, 1.807) is 55.7 Å². The maximum Gasteiger partial charge on any atom is 0.250 e. The van der Waals surface area contributed by atoms with Crippen LogP contribution in [-0.4, -0.2) is 33.7 Å². The zero-order valence-corrected chi connectivity index (χ0v) is 20.0. The fourth-order valence-electron chi connectivity index (χ4n) is 2.82. The first kappa shape index (κ1) is 25.0. The average molecular weight is 502 g/mol. The third-order valence-electron chi connectivity index (χ3n) is 4.51. The molecule has 0 saturated carbocycles. The normalized spacial score (nSPS) is 11.2. The smallest absolute Gasteiger partial charge is 0.250 e. The fraction of sp³-hybridized carbons (Fsp3) is 0.130. The number of carbonyl (C=O) groups excluding carboxylic acids is 1. The van der Waals surface area contributed by atoms with E-state index in [4.69, 9.17) is 26.1 Å². The lowest BCUT2D eigenvalue weighted by molar-refractivity contribution is -0.115. The Morgan fingerprint density at radius 1 is 1.06 bits per heavy atom. The summed E-state index contributed by atoms with van der Waals surface area (Å²) in [6, 6.07) is 14.5. The molecule has 0 unspecified atom stereocenters. The largest absolute Gasteiger partial charge is 0.493 e. The van der Waals surface area contributed by atoms with Crippen molar-refractivity contribution in [2.75, 3.05) is 19.5 Å². The van der Waals surface area contributed by atoms with Crippen LogP contribution >= 0.6 is 12.2 Å². The first-order valence-corrected chi connectivity index (χ1v) is 11.8. The molecule has 3 N–H and O–H groups in total. The SMILES string of the molecule is COc1ccc(/C=C/C(=O)NC(=S)Nc2ccc(S(=O)(=O)NCc3ccco3)cc2)cc1OC. The van der Waals surface area contributed by atoms with Gasteiger partial charge in [0.05, 0.1) is 31.9 Å². The molecule has 11 heteroatoms. The van der Waals surface area contributed by atoms with Crippen molar-refractivity contribution in [1.29, 1.82) is 0 Å². The van der Waals surface area contributed by atoms with Crippen molar-refractivity contribution in [1.82, 2.24) is 10.0 Å². The molecule has 1 heterocycles. The van der Waals surface area contributed by atoms with Crippen LogP contribution in [0, 0.1) is 0 Å². The highest BCUT2D eigenvalue weighted by Crippen LogP contribution is 2.27. The van der Waals surface area contributed by atoms with Gasteiger partial charge in [-0.05, 0) is 72.4 Å². The van der Waals surface area contributed by atoms with E-state index >= 15 is 0 Å². The summed E-state index contributed by atoms with van der Waals surface area (Å²) in [5, 5.41) is 5.43. The summed E-state index contributed by atoms with van der Waals surface area (Å²) in [6.45, 7) is 0.0439. The third kappa shape index (κ3) is 6.91. The molecule has 2 aromatic carbocycles. The van der Waals surface area contributed by atoms with Crippen molar-refractivity contribution < 1.29 is 27.1 Å². The van der Waals surface area contributed by atoms with Crippen LogP contribution in [0.25, 0.3) is 6.08 Å². The van der Waals surface area contributed by atoms with Gasteiger partial charge in [0.1, 0.15) is 5.76 Å². The van der Waals surface area contributed by atoms with Crippen LogP contribution in [0.3, 0.4) is 0 Å². The van der Waals surface area contributed by atoms with Gasteiger partial charge in [-0.2, -0.15) is 0 Å². The Bertz CT molecular complexity index is 1270. The van der Waals surface area contributed by atoms with Crippen LogP contribution in [0.2, 0.25) is 0 Å². The van der Waals surface area contributed by atoms with E-state index in [0.717, 1.165) is 5.56 Å². The number of hydrogen-bond donors (Lipinski definition) is 3. The summed E-state index contributed by atoms with van der Waals surface area (Å²) in [4.78, 5) is 12.3. The number of furan rings is 1. The van der Waals surface area contributed by atoms with Gasteiger partial charge in [0, 0.05) is 11.8 Å². The van der Waals surface area contributed by atoms with Crippen molar-refractivity contribution in [2.45, 2.75) is 11.4 Å². The summed E-state index contributed by atoms with van der Waals surface area (Å²) < 4.78 is 42.8. The third-order valence-corrected chi connectivity index (χ3v) is 6.13. The standard InChI is InChI=1S/C23H23N3O6S2/c1-30-20-11-5-16(14-21(20)31-2)6-12-22(27)26-23(33)25-17-7-9-19(10-8-17)34(28,29)24-15-18-4-3-13-32-18/h3-14,24H,15H2,1-2H3,(H2,25,26,27,33)/b12-6+. The number of carbonyl (C=O) groups is 1. The number of anilines is 1. The van der Waals surface area contributed by atoms with Crippen molar-refractivity contribution in [3.05, 3.63) is 78.3 Å². The number of amides is 1.